The molecular formula is C30H45N3O. The number of likely N-dealkylation sites (tertiary alicyclic amines) is 1. The number of fused-ring (bicyclic) bond motifs is 7. The van der Waals surface area contributed by atoms with Crippen LogP contribution in [0.3, 0.4) is 0 Å². The molecule has 6 aliphatic rings. The molecule has 0 radical (unpaired) electrons. The minimum atomic E-state index is 0.0716. The molecule has 0 unspecified atom stereocenters. The molecule has 10 atom stereocenters. The topological polar surface area (TPSA) is 41.1 Å². The summed E-state index contributed by atoms with van der Waals surface area (Å²) < 4.78 is 7.15. The van der Waals surface area contributed by atoms with Gasteiger partial charge in [0.1, 0.15) is 0 Å². The molecule has 4 aliphatic carbocycles. The van der Waals surface area contributed by atoms with Crippen molar-refractivity contribution in [2.45, 2.75) is 103 Å². The van der Waals surface area contributed by atoms with Crippen molar-refractivity contribution in [3.05, 3.63) is 28.6 Å². The van der Waals surface area contributed by atoms with Crippen LogP contribution in [0.2, 0.25) is 0 Å². The summed E-state index contributed by atoms with van der Waals surface area (Å²) in [7, 11) is 2.35. The Morgan fingerprint density at radius 3 is 2.85 bits per heavy atom. The van der Waals surface area contributed by atoms with Gasteiger partial charge in [0.25, 0.3) is 0 Å². The Balaban J connectivity index is 1.19. The molecule has 4 nitrogen and oxygen atoms in total. The number of nitrogens with one attached hydrogen (secondary N) is 1. The smallest absolute Gasteiger partial charge is 0.0765 e. The van der Waals surface area contributed by atoms with Gasteiger partial charge in [0.15, 0.2) is 0 Å². The zero-order chi connectivity index (χ0) is 23.4. The highest BCUT2D eigenvalue weighted by molar-refractivity contribution is 5.32. The monoisotopic (exact) mass is 463 g/mol. The molecule has 0 bridgehead atoms. The van der Waals surface area contributed by atoms with Gasteiger partial charge in [-0.15, -0.1) is 0 Å². The van der Waals surface area contributed by atoms with Gasteiger partial charge >= 0.3 is 0 Å². The van der Waals surface area contributed by atoms with E-state index in [9.17, 15) is 0 Å². The lowest BCUT2D eigenvalue weighted by atomic mass is 9.52. The van der Waals surface area contributed by atoms with Gasteiger partial charge in [0, 0.05) is 24.2 Å². The van der Waals surface area contributed by atoms with Gasteiger partial charge in [0.05, 0.1) is 17.9 Å². The number of nitrogens with zero attached hydrogens (tertiary/aromatic N) is 2. The molecule has 186 valence electrons. The van der Waals surface area contributed by atoms with Gasteiger partial charge in [-0.25, -0.2) is 0 Å². The molecule has 1 spiro atoms. The molecule has 2 saturated heterocycles. The number of rotatable bonds is 0. The molecule has 7 rings (SSSR count). The van der Waals surface area contributed by atoms with Crippen molar-refractivity contribution in [2.75, 3.05) is 13.6 Å². The normalized spacial score (nSPS) is 50.4. The Bertz CT molecular complexity index is 1010. The highest BCUT2D eigenvalue weighted by Crippen LogP contribution is 2.64. The summed E-state index contributed by atoms with van der Waals surface area (Å²) in [5.41, 5.74) is 7.02. The third kappa shape index (κ3) is 2.94. The van der Waals surface area contributed by atoms with Crippen molar-refractivity contribution < 1.29 is 4.74 Å². The van der Waals surface area contributed by atoms with Gasteiger partial charge in [-0.2, -0.15) is 5.10 Å². The quantitative estimate of drug-likeness (QED) is 0.495. The van der Waals surface area contributed by atoms with E-state index in [1.165, 1.54) is 75.6 Å². The fourth-order valence-corrected chi connectivity index (χ4v) is 10.6. The summed E-state index contributed by atoms with van der Waals surface area (Å²) in [5, 5.41) is 7.73. The maximum Gasteiger partial charge on any atom is 0.0765 e. The summed E-state index contributed by atoms with van der Waals surface area (Å²) in [6.07, 6.45) is 14.3. The molecule has 1 aromatic heterocycles. The Morgan fingerprint density at radius 2 is 2.00 bits per heavy atom. The molecule has 2 aliphatic heterocycles. The SMILES string of the molecule is CC1=C2C[C@H]3[C@@H](CC[C@@H]4Cc5[nH]ncc5C[C@@]43C)[C@@H]2CC[C@@]2(C1)O[C@@H]1C[C@H](C)CN(C)[C@H]1[C@H]2C. The molecule has 0 amide bonds. The van der Waals surface area contributed by atoms with Gasteiger partial charge in [-0.3, -0.25) is 5.10 Å². The lowest BCUT2D eigenvalue weighted by Crippen LogP contribution is -2.49. The lowest BCUT2D eigenvalue weighted by Gasteiger charge is -2.52. The second-order valence-corrected chi connectivity index (χ2v) is 13.9. The molecule has 1 aromatic rings. The van der Waals surface area contributed by atoms with Crippen LogP contribution in [0.5, 0.6) is 0 Å². The molecule has 4 fully saturated rings. The predicted molar refractivity (Wildman–Crippen MR) is 135 cm³/mol. The summed E-state index contributed by atoms with van der Waals surface area (Å²) in [6.45, 7) is 11.3. The van der Waals surface area contributed by atoms with E-state index < -0.39 is 0 Å². The summed E-state index contributed by atoms with van der Waals surface area (Å²) in [5.74, 6) is 4.76. The van der Waals surface area contributed by atoms with E-state index in [1.54, 1.807) is 5.57 Å². The number of aromatic amines is 1. The van der Waals surface area contributed by atoms with Gasteiger partial charge in [-0.05, 0) is 112 Å². The fraction of sp³-hybridized carbons (Fsp3) is 0.833. The van der Waals surface area contributed by atoms with Crippen LogP contribution in [0.4, 0.5) is 0 Å². The molecule has 1 N–H and O–H groups in total. The summed E-state index contributed by atoms with van der Waals surface area (Å²) in [6, 6.07) is 0.612. The van der Waals surface area contributed by atoms with Crippen LogP contribution in [-0.2, 0) is 17.6 Å². The minimum absolute atomic E-state index is 0.0716. The van der Waals surface area contributed by atoms with Crippen molar-refractivity contribution in [3.8, 4) is 0 Å². The average molecular weight is 464 g/mol. The van der Waals surface area contributed by atoms with Gasteiger partial charge in [-0.1, -0.05) is 31.9 Å². The van der Waals surface area contributed by atoms with Crippen LogP contribution in [0.25, 0.3) is 0 Å². The Labute approximate surface area is 206 Å². The van der Waals surface area contributed by atoms with E-state index in [4.69, 9.17) is 4.74 Å². The first-order valence-electron chi connectivity index (χ1n) is 14.4. The van der Waals surface area contributed by atoms with E-state index in [0.717, 1.165) is 29.6 Å². The minimum Gasteiger partial charge on any atom is -0.369 e. The first kappa shape index (κ1) is 22.1. The molecule has 2 saturated carbocycles. The number of likely N-dealkylation sites (N-methyl/N-ethyl adjacent to an activating group) is 1. The Morgan fingerprint density at radius 1 is 1.15 bits per heavy atom. The predicted octanol–water partition coefficient (Wildman–Crippen LogP) is 5.79. The first-order valence-corrected chi connectivity index (χ1v) is 14.4. The van der Waals surface area contributed by atoms with E-state index >= 15 is 0 Å². The van der Waals surface area contributed by atoms with Crippen molar-refractivity contribution >= 4 is 0 Å². The van der Waals surface area contributed by atoms with Crippen LogP contribution >= 0.6 is 0 Å². The van der Waals surface area contributed by atoms with Crippen molar-refractivity contribution in [1.29, 1.82) is 0 Å². The zero-order valence-electron chi connectivity index (χ0n) is 22.1. The van der Waals surface area contributed by atoms with Crippen LogP contribution in [0.1, 0.15) is 83.9 Å². The number of aromatic nitrogens is 2. The highest BCUT2D eigenvalue weighted by atomic mass is 16.5. The molecular weight excluding hydrogens is 418 g/mol. The second-order valence-electron chi connectivity index (χ2n) is 13.9. The lowest BCUT2D eigenvalue weighted by molar-refractivity contribution is -0.0787. The number of hydrogen-bond donors (Lipinski definition) is 1. The number of H-pyrrole nitrogens is 1. The molecule has 3 heterocycles. The van der Waals surface area contributed by atoms with Gasteiger partial charge < -0.3 is 9.64 Å². The second kappa shape index (κ2) is 7.44. The van der Waals surface area contributed by atoms with Crippen molar-refractivity contribution in [1.82, 2.24) is 15.1 Å². The summed E-state index contributed by atoms with van der Waals surface area (Å²) >= 11 is 0. The molecule has 34 heavy (non-hydrogen) atoms. The van der Waals surface area contributed by atoms with Crippen molar-refractivity contribution in [2.24, 2.45) is 40.9 Å². The third-order valence-corrected chi connectivity index (χ3v) is 12.2. The molecule has 4 heteroatoms. The van der Waals surface area contributed by atoms with Crippen LogP contribution in [0, 0.1) is 40.9 Å². The maximum atomic E-state index is 7.15. The first-order chi connectivity index (χ1) is 16.3. The number of hydrogen-bond acceptors (Lipinski definition) is 3. The van der Waals surface area contributed by atoms with E-state index in [1.807, 2.05) is 5.57 Å². The van der Waals surface area contributed by atoms with Gasteiger partial charge in [0.2, 0.25) is 0 Å². The Hall–Kier alpha value is -1.13. The fourth-order valence-electron chi connectivity index (χ4n) is 10.6. The van der Waals surface area contributed by atoms with Crippen molar-refractivity contribution in [3.63, 3.8) is 0 Å². The maximum absolute atomic E-state index is 7.15. The highest BCUT2D eigenvalue weighted by Gasteiger charge is 2.60. The largest absolute Gasteiger partial charge is 0.369 e. The third-order valence-electron chi connectivity index (χ3n) is 12.2. The number of allylic oxidation sites excluding steroid dienone is 1. The van der Waals surface area contributed by atoms with E-state index in [0.29, 0.717) is 23.5 Å². The number of piperidine rings is 1. The van der Waals surface area contributed by atoms with Crippen LogP contribution in [-0.4, -0.2) is 46.4 Å². The summed E-state index contributed by atoms with van der Waals surface area (Å²) in [4.78, 5) is 2.64. The average Bonchev–Trinajstić information content (AvgIpc) is 3.42. The van der Waals surface area contributed by atoms with Crippen LogP contribution in [0.15, 0.2) is 17.3 Å². The van der Waals surface area contributed by atoms with E-state index in [-0.39, 0.29) is 5.60 Å². The zero-order valence-corrected chi connectivity index (χ0v) is 22.1. The van der Waals surface area contributed by atoms with Crippen LogP contribution < -0.4 is 0 Å². The standard InChI is InChI=1S/C30H45N3O/c1-17-10-27-28(33(5)16-17)19(3)30(34-27)9-8-22-23-7-6-21-11-26-20(15-31-32-26)14-29(21,4)25(23)12-24(22)18(2)13-30/h15,17,19,21-23,25,27-28H,6-14,16H2,1-5H3,(H,31,32)/t17-,19+,21+,22-,23-,25-,27+,28-,29-,30-/m0/s1. The Kier molecular flexibility index (Phi) is 4.84. The number of ether oxygens (including phenoxy) is 1. The van der Waals surface area contributed by atoms with E-state index in [2.05, 4.69) is 56.0 Å². The molecule has 0 aromatic carbocycles.